The molecule has 1 rings (SSSR count). The van der Waals surface area contributed by atoms with E-state index < -0.39 is 0 Å². The van der Waals surface area contributed by atoms with Crippen molar-refractivity contribution in [2.24, 2.45) is 11.8 Å². The van der Waals surface area contributed by atoms with Crippen molar-refractivity contribution in [1.82, 2.24) is 10.6 Å². The van der Waals surface area contributed by atoms with Crippen LogP contribution >= 0.6 is 0 Å². The molecule has 2 amide bonds. The van der Waals surface area contributed by atoms with E-state index in [0.717, 1.165) is 5.56 Å². The highest BCUT2D eigenvalue weighted by molar-refractivity contribution is 5.74. The summed E-state index contributed by atoms with van der Waals surface area (Å²) in [5.74, 6) is 0.559. The molecule has 124 valence electrons. The van der Waals surface area contributed by atoms with E-state index in [-0.39, 0.29) is 24.1 Å². The predicted octanol–water partition coefficient (Wildman–Crippen LogP) is 3.40. The van der Waals surface area contributed by atoms with Crippen LogP contribution in [-0.2, 0) is 0 Å². The van der Waals surface area contributed by atoms with E-state index in [1.54, 1.807) is 6.92 Å². The molecule has 1 aromatic rings. The number of aliphatic hydroxyl groups excluding tert-OH is 1. The maximum atomic E-state index is 12.1. The van der Waals surface area contributed by atoms with E-state index in [0.29, 0.717) is 18.9 Å². The second-order valence-corrected chi connectivity index (χ2v) is 6.62. The Bertz CT molecular complexity index is 472. The molecular weight excluding hydrogens is 276 g/mol. The van der Waals surface area contributed by atoms with Gasteiger partial charge in [-0.2, -0.15) is 0 Å². The third kappa shape index (κ3) is 6.06. The summed E-state index contributed by atoms with van der Waals surface area (Å²) in [6.07, 6.45) is 0.348. The van der Waals surface area contributed by atoms with Gasteiger partial charge in [0, 0.05) is 6.54 Å². The summed E-state index contributed by atoms with van der Waals surface area (Å²) in [7, 11) is 0. The van der Waals surface area contributed by atoms with Crippen molar-refractivity contribution in [3.8, 4) is 0 Å². The first-order chi connectivity index (χ1) is 10.3. The molecule has 0 spiro atoms. The predicted molar refractivity (Wildman–Crippen MR) is 90.8 cm³/mol. The van der Waals surface area contributed by atoms with Crippen molar-refractivity contribution in [3.63, 3.8) is 0 Å². The Morgan fingerprint density at radius 1 is 1.18 bits per heavy atom. The average molecular weight is 306 g/mol. The van der Waals surface area contributed by atoms with Gasteiger partial charge in [0.1, 0.15) is 0 Å². The summed E-state index contributed by atoms with van der Waals surface area (Å²) in [5.41, 5.74) is 2.34. The van der Waals surface area contributed by atoms with E-state index in [2.05, 4.69) is 43.5 Å². The van der Waals surface area contributed by atoms with Gasteiger partial charge in [-0.15, -0.1) is 0 Å². The van der Waals surface area contributed by atoms with Gasteiger partial charge in [0.05, 0.1) is 12.1 Å². The maximum absolute atomic E-state index is 12.1. The average Bonchev–Trinajstić information content (AvgIpc) is 2.42. The first-order valence-corrected chi connectivity index (χ1v) is 8.09. The van der Waals surface area contributed by atoms with Gasteiger partial charge in [-0.25, -0.2) is 4.79 Å². The fourth-order valence-corrected chi connectivity index (χ4v) is 2.66. The lowest BCUT2D eigenvalue weighted by atomic mass is 9.93. The molecule has 0 aliphatic carbocycles. The molecule has 0 heterocycles. The zero-order valence-electron chi connectivity index (χ0n) is 14.4. The van der Waals surface area contributed by atoms with Gasteiger partial charge < -0.3 is 15.7 Å². The van der Waals surface area contributed by atoms with Gasteiger partial charge in [0.2, 0.25) is 0 Å². The van der Waals surface area contributed by atoms with Crippen LogP contribution in [0.2, 0.25) is 0 Å². The number of rotatable bonds is 7. The molecular formula is C18H30N2O2. The molecule has 3 N–H and O–H groups in total. The Balaban J connectivity index is 2.61. The topological polar surface area (TPSA) is 61.4 Å². The van der Waals surface area contributed by atoms with E-state index in [9.17, 15) is 9.90 Å². The van der Waals surface area contributed by atoms with Crippen molar-refractivity contribution in [1.29, 1.82) is 0 Å². The molecule has 0 aliphatic rings. The number of hydrogen-bond donors (Lipinski definition) is 3. The van der Waals surface area contributed by atoms with Crippen LogP contribution in [0.25, 0.3) is 0 Å². The minimum absolute atomic E-state index is 0.00623. The van der Waals surface area contributed by atoms with Gasteiger partial charge in [0.15, 0.2) is 0 Å². The zero-order valence-corrected chi connectivity index (χ0v) is 14.4. The number of hydrogen-bond acceptors (Lipinski definition) is 2. The lowest BCUT2D eigenvalue weighted by Crippen LogP contribution is -2.41. The number of benzene rings is 1. The summed E-state index contributed by atoms with van der Waals surface area (Å²) in [4.78, 5) is 12.1. The lowest BCUT2D eigenvalue weighted by molar-refractivity contribution is 0.163. The third-order valence-electron chi connectivity index (χ3n) is 3.83. The first kappa shape index (κ1) is 18.5. The largest absolute Gasteiger partial charge is 0.393 e. The molecule has 4 nitrogen and oxygen atoms in total. The summed E-state index contributed by atoms with van der Waals surface area (Å²) in [5, 5.41) is 15.3. The second-order valence-electron chi connectivity index (χ2n) is 6.62. The van der Waals surface area contributed by atoms with Gasteiger partial charge in [0.25, 0.3) is 0 Å². The van der Waals surface area contributed by atoms with Crippen LogP contribution in [0.5, 0.6) is 0 Å². The summed E-state index contributed by atoms with van der Waals surface area (Å²) in [6.45, 7) is 10.6. The summed E-state index contributed by atoms with van der Waals surface area (Å²) in [6, 6.07) is 7.98. The molecule has 22 heavy (non-hydrogen) atoms. The Morgan fingerprint density at radius 3 is 2.36 bits per heavy atom. The molecule has 0 aromatic heterocycles. The molecule has 4 heteroatoms. The van der Waals surface area contributed by atoms with Crippen LogP contribution in [0.3, 0.4) is 0 Å². The van der Waals surface area contributed by atoms with Gasteiger partial charge in [-0.1, -0.05) is 45.0 Å². The first-order valence-electron chi connectivity index (χ1n) is 8.09. The van der Waals surface area contributed by atoms with E-state index in [1.165, 1.54) is 5.56 Å². The van der Waals surface area contributed by atoms with Crippen LogP contribution in [0.4, 0.5) is 4.79 Å². The van der Waals surface area contributed by atoms with Crippen molar-refractivity contribution >= 4 is 6.03 Å². The molecule has 3 atom stereocenters. The lowest BCUT2D eigenvalue weighted by Gasteiger charge is -2.25. The highest BCUT2D eigenvalue weighted by Gasteiger charge is 2.20. The number of aryl methyl sites for hydroxylation is 1. The van der Waals surface area contributed by atoms with E-state index >= 15 is 0 Å². The minimum atomic E-state index is -0.338. The molecule has 0 fully saturated rings. The maximum Gasteiger partial charge on any atom is 0.315 e. The molecule has 0 aliphatic heterocycles. The van der Waals surface area contributed by atoms with Crippen LogP contribution in [0.1, 0.15) is 51.3 Å². The van der Waals surface area contributed by atoms with Crippen molar-refractivity contribution in [2.45, 2.75) is 53.2 Å². The zero-order chi connectivity index (χ0) is 16.7. The number of amides is 2. The fraction of sp³-hybridized carbons (Fsp3) is 0.611. The molecule has 0 saturated heterocycles. The number of urea groups is 1. The number of carbonyl (C=O) groups is 1. The molecule has 0 bridgehead atoms. The summed E-state index contributed by atoms with van der Waals surface area (Å²) >= 11 is 0. The van der Waals surface area contributed by atoms with Crippen molar-refractivity contribution in [3.05, 3.63) is 35.4 Å². The van der Waals surface area contributed by atoms with Gasteiger partial charge >= 0.3 is 6.03 Å². The smallest absolute Gasteiger partial charge is 0.315 e. The van der Waals surface area contributed by atoms with Crippen LogP contribution in [0, 0.1) is 18.8 Å². The highest BCUT2D eigenvalue weighted by atomic mass is 16.3. The Hall–Kier alpha value is -1.55. The highest BCUT2D eigenvalue weighted by Crippen LogP contribution is 2.24. The van der Waals surface area contributed by atoms with E-state index in [1.807, 2.05) is 19.1 Å². The normalized spacial score (nSPS) is 15.2. The molecule has 0 saturated carbocycles. The van der Waals surface area contributed by atoms with Crippen LogP contribution in [0.15, 0.2) is 24.3 Å². The molecule has 1 aromatic carbocycles. The van der Waals surface area contributed by atoms with Crippen molar-refractivity contribution in [2.75, 3.05) is 6.54 Å². The quantitative estimate of drug-likeness (QED) is 0.723. The standard InChI is InChI=1S/C18H30N2O2/c1-12(2)17(16-9-7-6-8-14(16)4)20-18(22)19-11-13(3)10-15(5)21/h6-9,12-13,15,17,21H,10-11H2,1-5H3,(H2,19,20,22). The van der Waals surface area contributed by atoms with Gasteiger partial charge in [-0.05, 0) is 43.2 Å². The van der Waals surface area contributed by atoms with Gasteiger partial charge in [-0.3, -0.25) is 0 Å². The van der Waals surface area contributed by atoms with E-state index in [4.69, 9.17) is 0 Å². The monoisotopic (exact) mass is 306 g/mol. The van der Waals surface area contributed by atoms with Crippen LogP contribution in [-0.4, -0.2) is 23.8 Å². The Labute approximate surface area is 134 Å². The number of carbonyl (C=O) groups excluding carboxylic acids is 1. The fourth-order valence-electron chi connectivity index (χ4n) is 2.66. The molecule has 3 unspecified atom stereocenters. The SMILES string of the molecule is Cc1ccccc1C(NC(=O)NCC(C)CC(C)O)C(C)C. The number of nitrogens with one attached hydrogen (secondary N) is 2. The summed E-state index contributed by atoms with van der Waals surface area (Å²) < 4.78 is 0. The van der Waals surface area contributed by atoms with Crippen LogP contribution < -0.4 is 10.6 Å². The number of aliphatic hydroxyl groups is 1. The molecule has 0 radical (unpaired) electrons. The Morgan fingerprint density at radius 2 is 1.82 bits per heavy atom. The Kier molecular flexibility index (Phi) is 7.39. The van der Waals surface area contributed by atoms with Crippen molar-refractivity contribution < 1.29 is 9.90 Å². The second kappa shape index (κ2) is 8.79. The minimum Gasteiger partial charge on any atom is -0.393 e. The third-order valence-corrected chi connectivity index (χ3v) is 3.83.